The second kappa shape index (κ2) is 5.11. The van der Waals surface area contributed by atoms with E-state index in [1.807, 2.05) is 11.3 Å². The first-order chi connectivity index (χ1) is 8.02. The lowest BCUT2D eigenvalue weighted by Crippen LogP contribution is -2.28. The predicted molar refractivity (Wildman–Crippen MR) is 76.8 cm³/mol. The normalized spacial score (nSPS) is 18.6. The Morgan fingerprint density at radius 1 is 1.18 bits per heavy atom. The molecule has 17 heavy (non-hydrogen) atoms. The SMILES string of the molecule is CNC(c1cc2c(s1)CCCCC2)C(C)(C)C. The van der Waals surface area contributed by atoms with Crippen molar-refractivity contribution < 1.29 is 0 Å². The Hall–Kier alpha value is -0.340. The third kappa shape index (κ3) is 2.92. The zero-order valence-electron chi connectivity index (χ0n) is 11.6. The second-order valence-electron chi connectivity index (χ2n) is 6.25. The summed E-state index contributed by atoms with van der Waals surface area (Å²) in [5.41, 5.74) is 1.92. The molecule has 2 heteroatoms. The zero-order valence-corrected chi connectivity index (χ0v) is 12.4. The molecule has 0 fully saturated rings. The summed E-state index contributed by atoms with van der Waals surface area (Å²) in [5, 5.41) is 3.49. The molecule has 0 spiro atoms. The van der Waals surface area contributed by atoms with Crippen molar-refractivity contribution in [2.45, 2.75) is 58.9 Å². The predicted octanol–water partition coefficient (Wildman–Crippen LogP) is 4.32. The lowest BCUT2D eigenvalue weighted by Gasteiger charge is -2.29. The molecule has 0 bridgehead atoms. The van der Waals surface area contributed by atoms with Crippen LogP contribution < -0.4 is 5.32 Å². The van der Waals surface area contributed by atoms with Crippen LogP contribution in [0.15, 0.2) is 6.07 Å². The van der Waals surface area contributed by atoms with Crippen LogP contribution in [0.5, 0.6) is 0 Å². The van der Waals surface area contributed by atoms with Gasteiger partial charge in [0.25, 0.3) is 0 Å². The minimum atomic E-state index is 0.290. The molecule has 1 atom stereocenters. The van der Waals surface area contributed by atoms with Gasteiger partial charge in [0.1, 0.15) is 0 Å². The highest BCUT2D eigenvalue weighted by atomic mass is 32.1. The van der Waals surface area contributed by atoms with Crippen molar-refractivity contribution >= 4 is 11.3 Å². The fourth-order valence-electron chi connectivity index (χ4n) is 2.83. The van der Waals surface area contributed by atoms with E-state index < -0.39 is 0 Å². The highest BCUT2D eigenvalue weighted by molar-refractivity contribution is 7.12. The zero-order chi connectivity index (χ0) is 12.5. The number of aryl methyl sites for hydroxylation is 2. The van der Waals surface area contributed by atoms with Crippen molar-refractivity contribution in [3.05, 3.63) is 21.4 Å². The molecule has 0 saturated carbocycles. The van der Waals surface area contributed by atoms with E-state index in [4.69, 9.17) is 0 Å². The third-order valence-electron chi connectivity index (χ3n) is 3.70. The molecule has 1 heterocycles. The van der Waals surface area contributed by atoms with E-state index in [9.17, 15) is 0 Å². The third-order valence-corrected chi connectivity index (χ3v) is 5.01. The van der Waals surface area contributed by atoms with E-state index in [2.05, 4.69) is 39.2 Å². The van der Waals surface area contributed by atoms with Gasteiger partial charge < -0.3 is 5.32 Å². The van der Waals surface area contributed by atoms with Crippen LogP contribution >= 0.6 is 11.3 Å². The average Bonchev–Trinajstić information content (AvgIpc) is 2.48. The summed E-state index contributed by atoms with van der Waals surface area (Å²) in [6.45, 7) is 6.96. The van der Waals surface area contributed by atoms with E-state index in [0.29, 0.717) is 6.04 Å². The van der Waals surface area contributed by atoms with Gasteiger partial charge in [-0.1, -0.05) is 27.2 Å². The topological polar surface area (TPSA) is 12.0 Å². The van der Waals surface area contributed by atoms with Crippen LogP contribution in [-0.4, -0.2) is 7.05 Å². The molecule has 2 rings (SSSR count). The van der Waals surface area contributed by atoms with E-state index in [1.165, 1.54) is 37.0 Å². The molecule has 1 aliphatic rings. The van der Waals surface area contributed by atoms with Crippen molar-refractivity contribution in [1.29, 1.82) is 0 Å². The monoisotopic (exact) mass is 251 g/mol. The van der Waals surface area contributed by atoms with Crippen molar-refractivity contribution in [3.63, 3.8) is 0 Å². The molecule has 0 radical (unpaired) electrons. The summed E-state index contributed by atoms with van der Waals surface area (Å²) in [5.74, 6) is 0. The van der Waals surface area contributed by atoms with Crippen LogP contribution in [0.3, 0.4) is 0 Å². The number of hydrogen-bond donors (Lipinski definition) is 1. The summed E-state index contributed by atoms with van der Waals surface area (Å²) in [6.07, 6.45) is 6.77. The van der Waals surface area contributed by atoms with Crippen molar-refractivity contribution in [3.8, 4) is 0 Å². The van der Waals surface area contributed by atoms with Crippen LogP contribution in [0.4, 0.5) is 0 Å². The number of hydrogen-bond acceptors (Lipinski definition) is 2. The molecule has 1 unspecified atom stereocenters. The number of thiophene rings is 1. The van der Waals surface area contributed by atoms with Gasteiger partial charge in [0.05, 0.1) is 0 Å². The Kier molecular flexibility index (Phi) is 3.94. The quantitative estimate of drug-likeness (QED) is 0.772. The Balaban J connectivity index is 2.27. The van der Waals surface area contributed by atoms with Gasteiger partial charge in [0.15, 0.2) is 0 Å². The minimum Gasteiger partial charge on any atom is -0.312 e. The number of nitrogens with one attached hydrogen (secondary N) is 1. The van der Waals surface area contributed by atoms with E-state index >= 15 is 0 Å². The van der Waals surface area contributed by atoms with Gasteiger partial charge >= 0.3 is 0 Å². The first-order valence-electron chi connectivity index (χ1n) is 6.81. The lowest BCUT2D eigenvalue weighted by molar-refractivity contribution is 0.291. The maximum absolute atomic E-state index is 3.49. The molecule has 1 aliphatic carbocycles. The maximum atomic E-state index is 3.49. The summed E-state index contributed by atoms with van der Waals surface area (Å²) in [7, 11) is 2.08. The number of rotatable bonds is 2. The van der Waals surface area contributed by atoms with Crippen LogP contribution in [0.1, 0.15) is 61.4 Å². The molecular weight excluding hydrogens is 226 g/mol. The first kappa shape index (κ1) is 13.1. The molecular formula is C15H25NS. The van der Waals surface area contributed by atoms with Crippen molar-refractivity contribution in [2.24, 2.45) is 5.41 Å². The molecule has 0 amide bonds. The number of fused-ring (bicyclic) bond motifs is 1. The summed E-state index contributed by atoms with van der Waals surface area (Å²) >= 11 is 2.05. The van der Waals surface area contributed by atoms with Crippen LogP contribution in [-0.2, 0) is 12.8 Å². The van der Waals surface area contributed by atoms with Gasteiger partial charge in [-0.15, -0.1) is 11.3 Å². The van der Waals surface area contributed by atoms with Crippen molar-refractivity contribution in [1.82, 2.24) is 5.32 Å². The first-order valence-corrected chi connectivity index (χ1v) is 7.63. The smallest absolute Gasteiger partial charge is 0.0461 e. The average molecular weight is 251 g/mol. The van der Waals surface area contributed by atoms with E-state index in [-0.39, 0.29) is 5.41 Å². The van der Waals surface area contributed by atoms with Gasteiger partial charge in [-0.25, -0.2) is 0 Å². The lowest BCUT2D eigenvalue weighted by atomic mass is 9.85. The molecule has 1 nitrogen and oxygen atoms in total. The van der Waals surface area contributed by atoms with Crippen molar-refractivity contribution in [2.75, 3.05) is 7.05 Å². The Labute approximate surface area is 110 Å². The second-order valence-corrected chi connectivity index (χ2v) is 7.41. The molecule has 0 aromatic carbocycles. The van der Waals surface area contributed by atoms with Gasteiger partial charge in [-0.2, -0.15) is 0 Å². The maximum Gasteiger partial charge on any atom is 0.0461 e. The molecule has 0 saturated heterocycles. The largest absolute Gasteiger partial charge is 0.312 e. The molecule has 1 aromatic heterocycles. The van der Waals surface area contributed by atoms with Gasteiger partial charge in [-0.05, 0) is 49.8 Å². The van der Waals surface area contributed by atoms with Crippen LogP contribution in [0, 0.1) is 5.41 Å². The standard InChI is InChI=1S/C15H25NS/c1-15(2,3)14(16-4)13-10-11-8-6-5-7-9-12(11)17-13/h10,14,16H,5-9H2,1-4H3. The molecule has 0 aliphatic heterocycles. The molecule has 1 aromatic rings. The summed E-state index contributed by atoms with van der Waals surface area (Å²) < 4.78 is 0. The fraction of sp³-hybridized carbons (Fsp3) is 0.733. The highest BCUT2D eigenvalue weighted by Crippen LogP contribution is 2.39. The molecule has 96 valence electrons. The van der Waals surface area contributed by atoms with Gasteiger partial charge in [0.2, 0.25) is 0 Å². The highest BCUT2D eigenvalue weighted by Gasteiger charge is 2.27. The van der Waals surface area contributed by atoms with E-state index in [1.54, 1.807) is 10.4 Å². The summed E-state index contributed by atoms with van der Waals surface area (Å²) in [6, 6.07) is 2.96. The van der Waals surface area contributed by atoms with Crippen LogP contribution in [0.25, 0.3) is 0 Å². The van der Waals surface area contributed by atoms with Gasteiger partial charge in [-0.3, -0.25) is 0 Å². The molecule has 1 N–H and O–H groups in total. The van der Waals surface area contributed by atoms with E-state index in [0.717, 1.165) is 0 Å². The Morgan fingerprint density at radius 3 is 2.53 bits per heavy atom. The minimum absolute atomic E-state index is 0.290. The Bertz CT molecular complexity index is 349. The summed E-state index contributed by atoms with van der Waals surface area (Å²) in [4.78, 5) is 3.19. The van der Waals surface area contributed by atoms with Crippen LogP contribution in [0.2, 0.25) is 0 Å². The van der Waals surface area contributed by atoms with Gasteiger partial charge in [0, 0.05) is 15.8 Å². The Morgan fingerprint density at radius 2 is 1.88 bits per heavy atom. The fourth-order valence-corrected chi connectivity index (χ4v) is 4.45.